The molecular weight excluding hydrogens is 332 g/mol. The maximum absolute atomic E-state index is 12.9. The largest absolute Gasteiger partial charge is 0.397 e. The van der Waals surface area contributed by atoms with Gasteiger partial charge in [-0.15, -0.1) is 0 Å². The highest BCUT2D eigenvalue weighted by Crippen LogP contribution is 2.46. The number of nitrogen functional groups attached to an aromatic ring is 1. The van der Waals surface area contributed by atoms with E-state index in [2.05, 4.69) is 15.9 Å². The fraction of sp³-hybridized carbons (Fsp3) is 0.500. The van der Waals surface area contributed by atoms with Crippen LogP contribution in [0, 0.1) is 5.41 Å². The molecule has 2 N–H and O–H groups in total. The van der Waals surface area contributed by atoms with Crippen molar-refractivity contribution in [1.82, 2.24) is 0 Å². The summed E-state index contributed by atoms with van der Waals surface area (Å²) >= 11 is 3.35. The third-order valence-corrected chi connectivity index (χ3v) is 5.18. The fourth-order valence-corrected chi connectivity index (χ4v) is 3.94. The number of carbonyl (C=O) groups is 2. The highest BCUT2D eigenvalue weighted by Gasteiger charge is 2.51. The van der Waals surface area contributed by atoms with Gasteiger partial charge in [0, 0.05) is 10.9 Å². The lowest BCUT2D eigenvalue weighted by Gasteiger charge is -2.25. The summed E-state index contributed by atoms with van der Waals surface area (Å²) in [5, 5.41) is 0. The second kappa shape index (κ2) is 5.44. The Balaban J connectivity index is 1.97. The molecule has 1 heterocycles. The third-order valence-electron chi connectivity index (χ3n) is 4.69. The molecule has 2 aliphatic rings. The van der Waals surface area contributed by atoms with Crippen molar-refractivity contribution in [1.29, 1.82) is 0 Å². The summed E-state index contributed by atoms with van der Waals surface area (Å²) in [4.78, 5) is 26.7. The summed E-state index contributed by atoms with van der Waals surface area (Å²) in [7, 11) is 0. The van der Waals surface area contributed by atoms with Gasteiger partial charge in [0.1, 0.15) is 0 Å². The monoisotopic (exact) mass is 350 g/mol. The molecule has 3 rings (SSSR count). The average Bonchev–Trinajstić information content (AvgIpc) is 2.60. The number of carbonyl (C=O) groups excluding carboxylic acids is 2. The minimum absolute atomic E-state index is 0.0524. The SMILES string of the molecule is Nc1cc(Br)ccc1N1C(=O)CC2(CCCCCC2)C1=O. The van der Waals surface area contributed by atoms with Gasteiger partial charge in [0.15, 0.2) is 0 Å². The van der Waals surface area contributed by atoms with Crippen LogP contribution in [0.25, 0.3) is 0 Å². The van der Waals surface area contributed by atoms with Crippen LogP contribution in [0.2, 0.25) is 0 Å². The summed E-state index contributed by atoms with van der Waals surface area (Å²) in [5.74, 6) is -0.167. The van der Waals surface area contributed by atoms with E-state index >= 15 is 0 Å². The van der Waals surface area contributed by atoms with Crippen LogP contribution < -0.4 is 10.6 Å². The number of nitrogens with zero attached hydrogens (tertiary/aromatic N) is 1. The number of imide groups is 1. The van der Waals surface area contributed by atoms with Gasteiger partial charge < -0.3 is 5.73 Å². The standard InChI is InChI=1S/C16H19BrN2O2/c17-11-5-6-13(12(18)9-11)19-14(20)10-16(15(19)21)7-3-1-2-4-8-16/h5-6,9H,1-4,7-8,10,18H2. The molecular formula is C16H19BrN2O2. The van der Waals surface area contributed by atoms with E-state index in [9.17, 15) is 9.59 Å². The molecule has 0 atom stereocenters. The van der Waals surface area contributed by atoms with Gasteiger partial charge in [0.2, 0.25) is 11.8 Å². The number of rotatable bonds is 1. The van der Waals surface area contributed by atoms with Crippen LogP contribution >= 0.6 is 15.9 Å². The smallest absolute Gasteiger partial charge is 0.240 e. The van der Waals surface area contributed by atoms with Gasteiger partial charge in [0.05, 0.1) is 16.8 Å². The molecule has 5 heteroatoms. The van der Waals surface area contributed by atoms with E-state index in [1.165, 1.54) is 4.90 Å². The summed E-state index contributed by atoms with van der Waals surface area (Å²) in [6, 6.07) is 5.28. The molecule has 1 spiro atoms. The Morgan fingerprint density at radius 3 is 2.38 bits per heavy atom. The van der Waals surface area contributed by atoms with E-state index in [1.807, 2.05) is 6.07 Å². The Labute approximate surface area is 132 Å². The molecule has 21 heavy (non-hydrogen) atoms. The molecule has 1 aliphatic heterocycles. The summed E-state index contributed by atoms with van der Waals surface area (Å²) in [6.07, 6.45) is 6.36. The maximum Gasteiger partial charge on any atom is 0.240 e. The lowest BCUT2D eigenvalue weighted by molar-refractivity contribution is -0.126. The first-order valence-corrected chi connectivity index (χ1v) is 8.25. The highest BCUT2D eigenvalue weighted by molar-refractivity contribution is 9.10. The molecule has 0 radical (unpaired) electrons. The summed E-state index contributed by atoms with van der Waals surface area (Å²) < 4.78 is 0.840. The quantitative estimate of drug-likeness (QED) is 0.621. The maximum atomic E-state index is 12.9. The lowest BCUT2D eigenvalue weighted by Crippen LogP contribution is -2.36. The van der Waals surface area contributed by atoms with Crippen LogP contribution in [-0.2, 0) is 9.59 Å². The zero-order valence-electron chi connectivity index (χ0n) is 11.9. The molecule has 0 aromatic heterocycles. The Bertz CT molecular complexity index is 592. The Hall–Kier alpha value is -1.36. The van der Waals surface area contributed by atoms with Crippen molar-refractivity contribution in [2.45, 2.75) is 44.9 Å². The van der Waals surface area contributed by atoms with Crippen molar-refractivity contribution in [3.63, 3.8) is 0 Å². The van der Waals surface area contributed by atoms with Gasteiger partial charge in [-0.25, -0.2) is 4.90 Å². The number of anilines is 2. The van der Waals surface area contributed by atoms with Crippen molar-refractivity contribution in [3.8, 4) is 0 Å². The molecule has 1 saturated carbocycles. The molecule has 0 bridgehead atoms. The van der Waals surface area contributed by atoms with E-state index < -0.39 is 5.41 Å². The molecule has 2 amide bonds. The first kappa shape index (κ1) is 14.6. The van der Waals surface area contributed by atoms with Crippen molar-refractivity contribution in [2.75, 3.05) is 10.6 Å². The van der Waals surface area contributed by atoms with Crippen molar-refractivity contribution in [3.05, 3.63) is 22.7 Å². The van der Waals surface area contributed by atoms with Crippen molar-refractivity contribution < 1.29 is 9.59 Å². The second-order valence-electron chi connectivity index (χ2n) is 6.11. The number of benzene rings is 1. The van der Waals surface area contributed by atoms with Gasteiger partial charge >= 0.3 is 0 Å². The number of amides is 2. The minimum atomic E-state index is -0.479. The van der Waals surface area contributed by atoms with Crippen molar-refractivity contribution in [2.24, 2.45) is 5.41 Å². The number of halogens is 1. The summed E-state index contributed by atoms with van der Waals surface area (Å²) in [5.41, 5.74) is 6.50. The average molecular weight is 351 g/mol. The molecule has 4 nitrogen and oxygen atoms in total. The number of hydrogen-bond donors (Lipinski definition) is 1. The lowest BCUT2D eigenvalue weighted by atomic mass is 9.79. The molecule has 1 saturated heterocycles. The molecule has 112 valence electrons. The predicted molar refractivity (Wildman–Crippen MR) is 85.8 cm³/mol. The van der Waals surface area contributed by atoms with Gasteiger partial charge in [-0.1, -0.05) is 41.6 Å². The van der Waals surface area contributed by atoms with Gasteiger partial charge in [0.25, 0.3) is 0 Å². The van der Waals surface area contributed by atoms with E-state index in [1.54, 1.807) is 12.1 Å². The zero-order valence-corrected chi connectivity index (χ0v) is 13.5. The third kappa shape index (κ3) is 2.48. The van der Waals surface area contributed by atoms with Crippen LogP contribution in [0.5, 0.6) is 0 Å². The molecule has 2 fully saturated rings. The fourth-order valence-electron chi connectivity index (χ4n) is 3.56. The molecule has 1 aromatic rings. The first-order valence-electron chi connectivity index (χ1n) is 7.46. The predicted octanol–water partition coefficient (Wildman–Crippen LogP) is 3.64. The molecule has 1 aliphatic carbocycles. The van der Waals surface area contributed by atoms with Crippen LogP contribution in [0.1, 0.15) is 44.9 Å². The van der Waals surface area contributed by atoms with E-state index in [4.69, 9.17) is 5.73 Å². The Morgan fingerprint density at radius 2 is 1.76 bits per heavy atom. The van der Waals surface area contributed by atoms with Gasteiger partial charge in [-0.05, 0) is 31.0 Å². The second-order valence-corrected chi connectivity index (χ2v) is 7.02. The Morgan fingerprint density at radius 1 is 1.10 bits per heavy atom. The number of nitrogens with two attached hydrogens (primary N) is 1. The minimum Gasteiger partial charge on any atom is -0.397 e. The van der Waals surface area contributed by atoms with Crippen LogP contribution in [-0.4, -0.2) is 11.8 Å². The van der Waals surface area contributed by atoms with E-state index in [0.717, 1.165) is 43.0 Å². The van der Waals surface area contributed by atoms with Crippen molar-refractivity contribution >= 4 is 39.1 Å². The van der Waals surface area contributed by atoms with E-state index in [0.29, 0.717) is 17.8 Å². The van der Waals surface area contributed by atoms with Crippen LogP contribution in [0.15, 0.2) is 22.7 Å². The first-order chi connectivity index (χ1) is 10.0. The Kier molecular flexibility index (Phi) is 3.78. The number of hydrogen-bond acceptors (Lipinski definition) is 3. The van der Waals surface area contributed by atoms with Crippen LogP contribution in [0.4, 0.5) is 11.4 Å². The highest BCUT2D eigenvalue weighted by atomic mass is 79.9. The molecule has 0 unspecified atom stereocenters. The van der Waals surface area contributed by atoms with Gasteiger partial charge in [-0.2, -0.15) is 0 Å². The normalized spacial score (nSPS) is 21.9. The topological polar surface area (TPSA) is 63.4 Å². The molecule has 1 aromatic carbocycles. The summed E-state index contributed by atoms with van der Waals surface area (Å²) in [6.45, 7) is 0. The van der Waals surface area contributed by atoms with Gasteiger partial charge in [-0.3, -0.25) is 9.59 Å². The zero-order chi connectivity index (χ0) is 15.0. The van der Waals surface area contributed by atoms with E-state index in [-0.39, 0.29) is 11.8 Å². The van der Waals surface area contributed by atoms with Crippen LogP contribution in [0.3, 0.4) is 0 Å².